The highest BCUT2D eigenvalue weighted by Crippen LogP contribution is 2.26. The monoisotopic (exact) mass is 532 g/mol. The minimum Gasteiger partial charge on any atom is -0.345 e. The molecular weight excluding hydrogens is 512 g/mol. The van der Waals surface area contributed by atoms with Crippen LogP contribution in [0.25, 0.3) is 0 Å². The molecule has 0 unspecified atom stereocenters. The lowest BCUT2D eigenvalue weighted by atomic mass is 10.1. The Bertz CT molecular complexity index is 1230. The van der Waals surface area contributed by atoms with Crippen LogP contribution in [-0.4, -0.2) is 37.3 Å². The number of aryl methyl sites for hydroxylation is 2. The molecule has 10 nitrogen and oxygen atoms in total. The number of carbonyl (C=O) groups is 2. The minimum atomic E-state index is -0.558. The lowest BCUT2D eigenvalue weighted by Crippen LogP contribution is -2.24. The molecule has 172 valence electrons. The molecule has 0 aliphatic rings. The number of non-ortho nitro benzene ring substituents is 1. The molecule has 2 aromatic carbocycles. The quantitative estimate of drug-likeness (QED) is 0.256. The molecule has 3 aromatic rings. The number of halogens is 1. The number of rotatable bonds is 8. The summed E-state index contributed by atoms with van der Waals surface area (Å²) in [6.45, 7) is 4.05. The van der Waals surface area contributed by atoms with E-state index >= 15 is 0 Å². The molecule has 0 bridgehead atoms. The number of amides is 2. The highest BCUT2D eigenvalue weighted by atomic mass is 79.9. The minimum absolute atomic E-state index is 0.0768. The topological polar surface area (TPSA) is 132 Å². The Balaban J connectivity index is 1.56. The zero-order valence-corrected chi connectivity index (χ0v) is 20.5. The van der Waals surface area contributed by atoms with Gasteiger partial charge in [-0.25, -0.2) is 0 Å². The van der Waals surface area contributed by atoms with Crippen molar-refractivity contribution in [2.24, 2.45) is 7.05 Å². The van der Waals surface area contributed by atoms with E-state index in [9.17, 15) is 19.7 Å². The van der Waals surface area contributed by atoms with Crippen molar-refractivity contribution in [3.05, 3.63) is 73.5 Å². The van der Waals surface area contributed by atoms with Gasteiger partial charge in [0.15, 0.2) is 11.0 Å². The zero-order chi connectivity index (χ0) is 24.1. The summed E-state index contributed by atoms with van der Waals surface area (Å²) in [4.78, 5) is 35.0. The van der Waals surface area contributed by atoms with Gasteiger partial charge in [0.1, 0.15) is 0 Å². The van der Waals surface area contributed by atoms with Crippen LogP contribution in [0.3, 0.4) is 0 Å². The van der Waals surface area contributed by atoms with Gasteiger partial charge < -0.3 is 15.2 Å². The van der Waals surface area contributed by atoms with Crippen LogP contribution in [0.1, 0.15) is 27.3 Å². The first kappa shape index (κ1) is 24.4. The maximum Gasteiger partial charge on any atom is 0.270 e. The summed E-state index contributed by atoms with van der Waals surface area (Å²) in [7, 11) is 1.73. The van der Waals surface area contributed by atoms with E-state index in [0.29, 0.717) is 16.7 Å². The van der Waals surface area contributed by atoms with Crippen molar-refractivity contribution < 1.29 is 14.5 Å². The number of nitrogens with one attached hydrogen (secondary N) is 2. The molecule has 2 amide bonds. The molecule has 0 aliphatic heterocycles. The lowest BCUT2D eigenvalue weighted by Gasteiger charge is -2.10. The zero-order valence-electron chi connectivity index (χ0n) is 18.1. The number of hydrogen-bond donors (Lipinski definition) is 2. The van der Waals surface area contributed by atoms with Crippen LogP contribution in [0.5, 0.6) is 0 Å². The molecule has 12 heteroatoms. The molecule has 0 aliphatic carbocycles. The third-order valence-electron chi connectivity index (χ3n) is 4.84. The maximum absolute atomic E-state index is 12.4. The first-order chi connectivity index (χ1) is 15.7. The van der Waals surface area contributed by atoms with E-state index in [1.807, 2.05) is 26.0 Å². The fraction of sp³-hybridized carbons (Fsp3) is 0.238. The van der Waals surface area contributed by atoms with Crippen molar-refractivity contribution in [3.63, 3.8) is 0 Å². The number of nitro benzene ring substituents is 1. The molecule has 2 N–H and O–H groups in total. The molecule has 33 heavy (non-hydrogen) atoms. The molecule has 1 aromatic heterocycles. The second kappa shape index (κ2) is 10.6. The standard InChI is InChI=1S/C21H21BrN6O4S/c1-12-7-16(22)17(8-13(12)2)24-19(29)11-33-21-26-25-18(27(21)3)10-23-20(30)14-5-4-6-15(9-14)28(31)32/h4-9H,10-11H2,1-3H3,(H,23,30)(H,24,29). The second-order valence-electron chi connectivity index (χ2n) is 7.20. The first-order valence-electron chi connectivity index (χ1n) is 9.76. The van der Waals surface area contributed by atoms with Crippen LogP contribution >= 0.6 is 27.7 Å². The van der Waals surface area contributed by atoms with Crippen LogP contribution in [0.15, 0.2) is 46.0 Å². The van der Waals surface area contributed by atoms with Gasteiger partial charge in [-0.1, -0.05) is 17.8 Å². The molecule has 0 saturated heterocycles. The van der Waals surface area contributed by atoms with Crippen molar-refractivity contribution in [2.75, 3.05) is 11.1 Å². The average molecular weight is 533 g/mol. The Morgan fingerprint density at radius 3 is 2.64 bits per heavy atom. The molecule has 1 heterocycles. The van der Waals surface area contributed by atoms with Crippen LogP contribution in [0, 0.1) is 24.0 Å². The van der Waals surface area contributed by atoms with Gasteiger partial charge in [0.25, 0.3) is 11.6 Å². The van der Waals surface area contributed by atoms with Crippen LogP contribution in [0.4, 0.5) is 11.4 Å². The van der Waals surface area contributed by atoms with E-state index in [1.54, 1.807) is 11.6 Å². The van der Waals surface area contributed by atoms with Crippen LogP contribution in [-0.2, 0) is 18.4 Å². The van der Waals surface area contributed by atoms with Gasteiger partial charge in [-0.15, -0.1) is 10.2 Å². The fourth-order valence-corrected chi connectivity index (χ4v) is 4.13. The van der Waals surface area contributed by atoms with Gasteiger partial charge in [-0.2, -0.15) is 0 Å². The summed E-state index contributed by atoms with van der Waals surface area (Å²) >= 11 is 4.68. The molecule has 0 radical (unpaired) electrons. The molecule has 0 atom stereocenters. The second-order valence-corrected chi connectivity index (χ2v) is 9.00. The van der Waals surface area contributed by atoms with E-state index in [0.717, 1.165) is 15.6 Å². The molecular formula is C21H21BrN6O4S. The molecule has 0 fully saturated rings. The van der Waals surface area contributed by atoms with Crippen molar-refractivity contribution in [1.29, 1.82) is 0 Å². The molecule has 0 spiro atoms. The largest absolute Gasteiger partial charge is 0.345 e. The van der Waals surface area contributed by atoms with Crippen LogP contribution in [0.2, 0.25) is 0 Å². The van der Waals surface area contributed by atoms with E-state index in [2.05, 4.69) is 36.8 Å². The Labute approximate surface area is 202 Å². The smallest absolute Gasteiger partial charge is 0.270 e. The van der Waals surface area contributed by atoms with Gasteiger partial charge in [0.05, 0.1) is 22.9 Å². The van der Waals surface area contributed by atoms with E-state index in [4.69, 9.17) is 0 Å². The maximum atomic E-state index is 12.4. The number of carbonyl (C=O) groups excluding carboxylic acids is 2. The average Bonchev–Trinajstić information content (AvgIpc) is 3.13. The van der Waals surface area contributed by atoms with Crippen molar-refractivity contribution in [1.82, 2.24) is 20.1 Å². The first-order valence-corrected chi connectivity index (χ1v) is 11.5. The van der Waals surface area contributed by atoms with Crippen molar-refractivity contribution >= 4 is 50.9 Å². The number of hydrogen-bond acceptors (Lipinski definition) is 7. The van der Waals surface area contributed by atoms with Gasteiger partial charge in [0.2, 0.25) is 5.91 Å². The number of nitrogens with zero attached hydrogens (tertiary/aromatic N) is 4. The molecule has 3 rings (SSSR count). The normalized spacial score (nSPS) is 10.7. The predicted octanol–water partition coefficient (Wildman–Crippen LogP) is 3.76. The number of anilines is 1. The number of thioether (sulfide) groups is 1. The summed E-state index contributed by atoms with van der Waals surface area (Å²) in [6.07, 6.45) is 0. The highest BCUT2D eigenvalue weighted by Gasteiger charge is 2.15. The Morgan fingerprint density at radius 2 is 1.91 bits per heavy atom. The van der Waals surface area contributed by atoms with E-state index in [1.165, 1.54) is 36.0 Å². The summed E-state index contributed by atoms with van der Waals surface area (Å²) in [5, 5.41) is 25.1. The number of aromatic nitrogens is 3. The molecule has 0 saturated carbocycles. The Hall–Kier alpha value is -3.25. The fourth-order valence-electron chi connectivity index (χ4n) is 2.84. The van der Waals surface area contributed by atoms with Gasteiger partial charge >= 0.3 is 0 Å². The number of nitro groups is 1. The Kier molecular flexibility index (Phi) is 7.82. The van der Waals surface area contributed by atoms with E-state index < -0.39 is 10.8 Å². The predicted molar refractivity (Wildman–Crippen MR) is 128 cm³/mol. The summed E-state index contributed by atoms with van der Waals surface area (Å²) in [5.41, 5.74) is 2.91. The van der Waals surface area contributed by atoms with Crippen molar-refractivity contribution in [2.45, 2.75) is 25.5 Å². The van der Waals surface area contributed by atoms with Crippen LogP contribution < -0.4 is 10.6 Å². The number of benzene rings is 2. The van der Waals surface area contributed by atoms with Gasteiger partial charge in [-0.05, 0) is 59.1 Å². The SMILES string of the molecule is Cc1cc(Br)c(NC(=O)CSc2nnc(CNC(=O)c3cccc([N+](=O)[O-])c3)n2C)cc1C. The van der Waals surface area contributed by atoms with Crippen molar-refractivity contribution in [3.8, 4) is 0 Å². The highest BCUT2D eigenvalue weighted by molar-refractivity contribution is 9.10. The summed E-state index contributed by atoms with van der Waals surface area (Å²) < 4.78 is 2.49. The lowest BCUT2D eigenvalue weighted by molar-refractivity contribution is -0.384. The van der Waals surface area contributed by atoms with Gasteiger partial charge in [-0.3, -0.25) is 19.7 Å². The third kappa shape index (κ3) is 6.17. The third-order valence-corrected chi connectivity index (χ3v) is 6.52. The Morgan fingerprint density at radius 1 is 1.18 bits per heavy atom. The van der Waals surface area contributed by atoms with E-state index in [-0.39, 0.29) is 29.5 Å². The summed E-state index contributed by atoms with van der Waals surface area (Å²) in [5.74, 6) is -0.0407. The van der Waals surface area contributed by atoms with Gasteiger partial charge in [0, 0.05) is 29.2 Å². The summed E-state index contributed by atoms with van der Waals surface area (Å²) in [6, 6.07) is 9.33.